The maximum Gasteiger partial charge on any atom is 0.262 e. The molecule has 0 radical (unpaired) electrons. The molecular weight excluding hydrogens is 368 g/mol. The monoisotopic (exact) mass is 386 g/mol. The molecule has 0 spiro atoms. The minimum atomic E-state index is -3.22. The molecule has 1 N–H and O–H groups in total. The summed E-state index contributed by atoms with van der Waals surface area (Å²) in [5, 5.41) is 10.7. The zero-order chi connectivity index (χ0) is 17.1. The van der Waals surface area contributed by atoms with Crippen LogP contribution in [0.25, 0.3) is 10.2 Å². The number of rotatable bonds is 2. The maximum absolute atomic E-state index is 12.8. The molecule has 2 aromatic rings. The average Bonchev–Trinajstić information content (AvgIpc) is 3.00. The standard InChI is InChI=1S/C15H18N2O4S3/c1-17-14(19)12-8-4-2-3-5-10(8)22-13(12)16-15(17)23-11-7-24(20,21)6-9(11)18/h9,11,18H,2-7H2,1H3/t9-,11-/m0/s1. The predicted octanol–water partition coefficient (Wildman–Crippen LogP) is 1.12. The molecule has 0 aromatic carbocycles. The number of nitrogens with zero attached hydrogens (tertiary/aromatic N) is 2. The summed E-state index contributed by atoms with van der Waals surface area (Å²) in [6, 6.07) is 0. The van der Waals surface area contributed by atoms with E-state index in [1.807, 2.05) is 0 Å². The number of aryl methyl sites for hydroxylation is 2. The highest BCUT2D eigenvalue weighted by Gasteiger charge is 2.38. The van der Waals surface area contributed by atoms with Crippen molar-refractivity contribution >= 4 is 43.2 Å². The van der Waals surface area contributed by atoms with E-state index in [1.165, 1.54) is 21.2 Å². The fourth-order valence-electron chi connectivity index (χ4n) is 3.42. The van der Waals surface area contributed by atoms with Crippen LogP contribution in [-0.2, 0) is 29.7 Å². The van der Waals surface area contributed by atoms with Crippen LogP contribution in [0, 0.1) is 0 Å². The van der Waals surface area contributed by atoms with Crippen LogP contribution < -0.4 is 5.56 Å². The van der Waals surface area contributed by atoms with E-state index in [9.17, 15) is 18.3 Å². The van der Waals surface area contributed by atoms with Crippen molar-refractivity contribution in [3.63, 3.8) is 0 Å². The van der Waals surface area contributed by atoms with Gasteiger partial charge in [-0.05, 0) is 31.2 Å². The molecule has 1 saturated heterocycles. The molecule has 4 rings (SSSR count). The summed E-state index contributed by atoms with van der Waals surface area (Å²) in [6.07, 6.45) is 3.27. The lowest BCUT2D eigenvalue weighted by molar-refractivity contribution is 0.207. The second kappa shape index (κ2) is 5.82. The first-order valence-corrected chi connectivity index (χ1v) is 11.4. The minimum absolute atomic E-state index is 0.0720. The molecular formula is C15H18N2O4S3. The Balaban J connectivity index is 1.77. The summed E-state index contributed by atoms with van der Waals surface area (Å²) in [6.45, 7) is 0. The third-order valence-corrected chi connectivity index (χ3v) is 9.16. The fourth-order valence-corrected chi connectivity index (χ4v) is 8.26. The number of fused-ring (bicyclic) bond motifs is 3. The molecule has 130 valence electrons. The van der Waals surface area contributed by atoms with Crippen LogP contribution in [0.1, 0.15) is 23.3 Å². The highest BCUT2D eigenvalue weighted by atomic mass is 32.2. The number of sulfone groups is 1. The van der Waals surface area contributed by atoms with Gasteiger partial charge in [-0.25, -0.2) is 13.4 Å². The van der Waals surface area contributed by atoms with E-state index in [1.54, 1.807) is 18.4 Å². The van der Waals surface area contributed by atoms with Crippen molar-refractivity contribution in [2.75, 3.05) is 11.5 Å². The highest BCUT2D eigenvalue weighted by Crippen LogP contribution is 2.36. The molecule has 1 aliphatic heterocycles. The largest absolute Gasteiger partial charge is 0.391 e. The molecule has 1 aliphatic carbocycles. The number of thioether (sulfide) groups is 1. The SMILES string of the molecule is Cn1c(S[C@H]2CS(=O)(=O)C[C@@H]2O)nc2sc3c(c2c1=O)CCCC3. The number of aliphatic hydroxyl groups excluding tert-OH is 1. The molecule has 6 nitrogen and oxygen atoms in total. The number of aliphatic hydroxyl groups is 1. The fraction of sp³-hybridized carbons (Fsp3) is 0.600. The van der Waals surface area contributed by atoms with E-state index in [-0.39, 0.29) is 17.1 Å². The van der Waals surface area contributed by atoms with E-state index in [4.69, 9.17) is 0 Å². The molecule has 0 bridgehead atoms. The van der Waals surface area contributed by atoms with Crippen LogP contribution in [-0.4, -0.2) is 45.9 Å². The molecule has 2 atom stereocenters. The van der Waals surface area contributed by atoms with Crippen LogP contribution in [0.5, 0.6) is 0 Å². The number of aromatic nitrogens is 2. The summed E-state index contributed by atoms with van der Waals surface area (Å²) in [7, 11) is -1.55. The van der Waals surface area contributed by atoms with Crippen LogP contribution in [0.3, 0.4) is 0 Å². The van der Waals surface area contributed by atoms with Crippen LogP contribution in [0.2, 0.25) is 0 Å². The molecule has 0 saturated carbocycles. The summed E-state index contributed by atoms with van der Waals surface area (Å²) < 4.78 is 24.8. The Bertz CT molecular complexity index is 977. The first-order chi connectivity index (χ1) is 11.4. The lowest BCUT2D eigenvalue weighted by Crippen LogP contribution is -2.25. The Labute approximate surface area is 147 Å². The summed E-state index contributed by atoms with van der Waals surface area (Å²) in [5.74, 6) is -0.290. The third kappa shape index (κ3) is 2.71. The lowest BCUT2D eigenvalue weighted by Gasteiger charge is -2.14. The van der Waals surface area contributed by atoms with Crippen molar-refractivity contribution in [3.05, 3.63) is 20.8 Å². The van der Waals surface area contributed by atoms with E-state index in [2.05, 4.69) is 4.98 Å². The second-order valence-corrected chi connectivity index (χ2v) is 10.9. The van der Waals surface area contributed by atoms with Crippen molar-refractivity contribution in [3.8, 4) is 0 Å². The number of hydrogen-bond donors (Lipinski definition) is 1. The van der Waals surface area contributed by atoms with Gasteiger partial charge in [-0.3, -0.25) is 9.36 Å². The first-order valence-electron chi connectivity index (χ1n) is 7.92. The topological polar surface area (TPSA) is 89.3 Å². The van der Waals surface area contributed by atoms with E-state index < -0.39 is 21.2 Å². The maximum atomic E-state index is 12.8. The van der Waals surface area contributed by atoms with Crippen molar-refractivity contribution in [1.29, 1.82) is 0 Å². The second-order valence-electron chi connectivity index (χ2n) is 6.45. The van der Waals surface area contributed by atoms with Crippen LogP contribution >= 0.6 is 23.1 Å². The van der Waals surface area contributed by atoms with Gasteiger partial charge in [0.2, 0.25) is 0 Å². The molecule has 24 heavy (non-hydrogen) atoms. The molecule has 0 unspecified atom stereocenters. The average molecular weight is 387 g/mol. The zero-order valence-corrected chi connectivity index (χ0v) is 15.6. The summed E-state index contributed by atoms with van der Waals surface area (Å²) >= 11 is 2.77. The third-order valence-electron chi connectivity index (χ3n) is 4.68. The molecule has 3 heterocycles. The van der Waals surface area contributed by atoms with Gasteiger partial charge in [0.25, 0.3) is 5.56 Å². The van der Waals surface area contributed by atoms with Gasteiger partial charge in [0.15, 0.2) is 15.0 Å². The lowest BCUT2D eigenvalue weighted by atomic mass is 9.97. The van der Waals surface area contributed by atoms with Gasteiger partial charge in [-0.1, -0.05) is 11.8 Å². The van der Waals surface area contributed by atoms with Crippen LogP contribution in [0.4, 0.5) is 0 Å². The van der Waals surface area contributed by atoms with E-state index in [0.717, 1.165) is 41.5 Å². The Morgan fingerprint density at radius 2 is 2.04 bits per heavy atom. The molecule has 2 aromatic heterocycles. The van der Waals surface area contributed by atoms with Gasteiger partial charge in [-0.2, -0.15) is 0 Å². The van der Waals surface area contributed by atoms with Gasteiger partial charge in [-0.15, -0.1) is 11.3 Å². The van der Waals surface area contributed by atoms with Gasteiger partial charge < -0.3 is 5.11 Å². The molecule has 9 heteroatoms. The minimum Gasteiger partial charge on any atom is -0.391 e. The molecule has 0 amide bonds. The van der Waals surface area contributed by atoms with Crippen molar-refractivity contribution in [2.24, 2.45) is 7.05 Å². The Morgan fingerprint density at radius 3 is 2.75 bits per heavy atom. The van der Waals surface area contributed by atoms with E-state index >= 15 is 0 Å². The Hall–Kier alpha value is -0.900. The van der Waals surface area contributed by atoms with Gasteiger partial charge in [0, 0.05) is 11.9 Å². The van der Waals surface area contributed by atoms with Crippen LogP contribution in [0.15, 0.2) is 9.95 Å². The zero-order valence-electron chi connectivity index (χ0n) is 13.2. The van der Waals surface area contributed by atoms with Gasteiger partial charge in [0.1, 0.15) is 4.83 Å². The molecule has 1 fully saturated rings. The van der Waals surface area contributed by atoms with Gasteiger partial charge in [0.05, 0.1) is 28.2 Å². The van der Waals surface area contributed by atoms with Crippen molar-refractivity contribution in [2.45, 2.75) is 42.2 Å². The van der Waals surface area contributed by atoms with Crippen molar-refractivity contribution in [1.82, 2.24) is 9.55 Å². The number of hydrogen-bond acceptors (Lipinski definition) is 7. The van der Waals surface area contributed by atoms with Crippen molar-refractivity contribution < 1.29 is 13.5 Å². The quantitative estimate of drug-likeness (QED) is 0.778. The molecule has 2 aliphatic rings. The smallest absolute Gasteiger partial charge is 0.262 e. The normalized spacial score (nSPS) is 25.9. The Morgan fingerprint density at radius 1 is 1.29 bits per heavy atom. The van der Waals surface area contributed by atoms with Gasteiger partial charge >= 0.3 is 0 Å². The highest BCUT2D eigenvalue weighted by molar-refractivity contribution is 8.01. The van der Waals surface area contributed by atoms with E-state index in [0.29, 0.717) is 5.16 Å². The summed E-state index contributed by atoms with van der Waals surface area (Å²) in [4.78, 5) is 19.4. The summed E-state index contributed by atoms with van der Waals surface area (Å²) in [5.41, 5.74) is 1.08. The predicted molar refractivity (Wildman–Crippen MR) is 95.8 cm³/mol. The first kappa shape index (κ1) is 16.6. The Kier molecular flexibility index (Phi) is 4.02. The number of thiophene rings is 1.